The third-order valence-electron chi connectivity index (χ3n) is 5.49. The summed E-state index contributed by atoms with van der Waals surface area (Å²) in [5.74, 6) is 0.553. The van der Waals surface area contributed by atoms with E-state index < -0.39 is 6.10 Å². The molecule has 0 radical (unpaired) electrons. The van der Waals surface area contributed by atoms with E-state index in [1.165, 1.54) is 0 Å². The number of aromatic nitrogens is 4. The van der Waals surface area contributed by atoms with Gasteiger partial charge in [-0.25, -0.2) is 4.98 Å². The number of carbonyl (C=O) groups is 1. The zero-order valence-corrected chi connectivity index (χ0v) is 16.8. The first kappa shape index (κ1) is 19.3. The summed E-state index contributed by atoms with van der Waals surface area (Å²) in [4.78, 5) is 17.3. The first-order valence-electron chi connectivity index (χ1n) is 9.85. The molecule has 1 fully saturated rings. The fourth-order valence-electron chi connectivity index (χ4n) is 3.50. The van der Waals surface area contributed by atoms with Crippen LogP contribution in [0.25, 0.3) is 0 Å². The minimum Gasteiger partial charge on any atom is -0.384 e. The lowest BCUT2D eigenvalue weighted by Crippen LogP contribution is -2.16. The normalized spacial score (nSPS) is 15.7. The molecule has 3 aromatic rings. The number of anilines is 1. The van der Waals surface area contributed by atoms with Gasteiger partial charge in [-0.1, -0.05) is 25.1 Å². The Morgan fingerprint density at radius 2 is 2.07 bits per heavy atom. The summed E-state index contributed by atoms with van der Waals surface area (Å²) in [5.41, 5.74) is 4.16. The lowest BCUT2D eigenvalue weighted by atomic mass is 9.94. The molecule has 29 heavy (non-hydrogen) atoms. The van der Waals surface area contributed by atoms with E-state index in [0.29, 0.717) is 23.1 Å². The van der Waals surface area contributed by atoms with Crippen molar-refractivity contribution in [3.63, 3.8) is 0 Å². The molecule has 150 valence electrons. The van der Waals surface area contributed by atoms with E-state index in [1.54, 1.807) is 24.0 Å². The monoisotopic (exact) mass is 391 g/mol. The van der Waals surface area contributed by atoms with Crippen molar-refractivity contribution in [2.24, 2.45) is 7.05 Å². The Bertz CT molecular complexity index is 1040. The lowest BCUT2D eigenvalue weighted by molar-refractivity contribution is 0.102. The molecule has 1 aliphatic rings. The van der Waals surface area contributed by atoms with Crippen LogP contribution in [0.4, 0.5) is 5.69 Å². The maximum absolute atomic E-state index is 12.7. The average Bonchev–Trinajstić information content (AvgIpc) is 3.47. The maximum atomic E-state index is 12.7. The molecule has 2 atom stereocenters. The first-order chi connectivity index (χ1) is 13.9. The van der Waals surface area contributed by atoms with Crippen molar-refractivity contribution in [2.75, 3.05) is 5.32 Å². The van der Waals surface area contributed by atoms with Crippen molar-refractivity contribution < 1.29 is 9.90 Å². The number of hydrogen-bond donors (Lipinski definition) is 2. The molecule has 1 saturated carbocycles. The number of amides is 1. The van der Waals surface area contributed by atoms with Gasteiger partial charge in [-0.15, -0.1) is 10.2 Å². The quantitative estimate of drug-likeness (QED) is 0.671. The van der Waals surface area contributed by atoms with Gasteiger partial charge in [0.15, 0.2) is 5.82 Å². The van der Waals surface area contributed by atoms with E-state index >= 15 is 0 Å². The molecule has 1 aliphatic carbocycles. The molecule has 2 aromatic heterocycles. The molecule has 7 heteroatoms. The highest BCUT2D eigenvalue weighted by molar-refractivity contribution is 6.03. The number of nitrogens with one attached hydrogen (secondary N) is 1. The summed E-state index contributed by atoms with van der Waals surface area (Å²) in [6.07, 6.45) is 3.06. The van der Waals surface area contributed by atoms with Crippen molar-refractivity contribution in [3.05, 3.63) is 71.1 Å². The first-order valence-corrected chi connectivity index (χ1v) is 9.85. The van der Waals surface area contributed by atoms with Crippen molar-refractivity contribution in [1.82, 2.24) is 19.7 Å². The number of aliphatic hydroxyl groups is 1. The lowest BCUT2D eigenvalue weighted by Gasteiger charge is -2.19. The molecule has 2 N–H and O–H groups in total. The topological polar surface area (TPSA) is 92.9 Å². The molecule has 1 amide bonds. The van der Waals surface area contributed by atoms with Crippen LogP contribution in [0.3, 0.4) is 0 Å². The highest BCUT2D eigenvalue weighted by atomic mass is 16.3. The van der Waals surface area contributed by atoms with Crippen LogP contribution < -0.4 is 5.32 Å². The number of benzene rings is 1. The van der Waals surface area contributed by atoms with E-state index in [4.69, 9.17) is 0 Å². The maximum Gasteiger partial charge on any atom is 0.274 e. The molecule has 0 spiro atoms. The van der Waals surface area contributed by atoms with Gasteiger partial charge in [0.1, 0.15) is 18.1 Å². The van der Waals surface area contributed by atoms with E-state index in [-0.39, 0.29) is 11.8 Å². The third-order valence-corrected chi connectivity index (χ3v) is 5.49. The van der Waals surface area contributed by atoms with Gasteiger partial charge in [0.05, 0.1) is 0 Å². The second-order valence-electron chi connectivity index (χ2n) is 7.79. The highest BCUT2D eigenvalue weighted by Crippen LogP contribution is 2.40. The van der Waals surface area contributed by atoms with Crippen LogP contribution in [0, 0.1) is 6.92 Å². The van der Waals surface area contributed by atoms with Crippen LogP contribution in [0.15, 0.2) is 42.7 Å². The predicted octanol–water partition coefficient (Wildman–Crippen LogP) is 3.49. The summed E-state index contributed by atoms with van der Waals surface area (Å²) in [6.45, 7) is 3.96. The van der Waals surface area contributed by atoms with E-state index in [2.05, 4.69) is 20.5 Å². The number of aliphatic hydroxyl groups excluding tert-OH is 1. The molecular formula is C22H25N5O2. The largest absolute Gasteiger partial charge is 0.384 e. The predicted molar refractivity (Wildman–Crippen MR) is 110 cm³/mol. The van der Waals surface area contributed by atoms with E-state index in [1.807, 2.05) is 44.2 Å². The number of pyridine rings is 1. The number of aryl methyl sites for hydroxylation is 2. The van der Waals surface area contributed by atoms with E-state index in [0.717, 1.165) is 29.7 Å². The minimum absolute atomic E-state index is 0.214. The SMILES string of the molecule is Cc1ccc(C(=O)Nc2cccc([C@H](C)[C@H](O)c3nncn3C)c2)nc1C1CC1. The molecule has 1 aromatic carbocycles. The summed E-state index contributed by atoms with van der Waals surface area (Å²) in [7, 11) is 1.80. The van der Waals surface area contributed by atoms with Crippen molar-refractivity contribution in [2.45, 2.75) is 44.6 Å². The van der Waals surface area contributed by atoms with Gasteiger partial charge >= 0.3 is 0 Å². The van der Waals surface area contributed by atoms with Crippen molar-refractivity contribution in [3.8, 4) is 0 Å². The van der Waals surface area contributed by atoms with Crippen LogP contribution in [0.1, 0.15) is 70.8 Å². The molecular weight excluding hydrogens is 366 g/mol. The van der Waals surface area contributed by atoms with Crippen LogP contribution in [-0.2, 0) is 7.05 Å². The number of carbonyl (C=O) groups excluding carboxylic acids is 1. The molecule has 7 nitrogen and oxygen atoms in total. The standard InChI is InChI=1S/C22H25N5O2/c1-13-7-10-18(25-19(13)15-8-9-15)22(29)24-17-6-4-5-16(11-17)14(2)20(28)21-26-23-12-27(21)3/h4-7,10-12,14-15,20,28H,8-9H2,1-3H3,(H,24,29)/t14-,20-/m0/s1. The Hall–Kier alpha value is -3.06. The van der Waals surface area contributed by atoms with Crippen LogP contribution in [0.5, 0.6) is 0 Å². The Balaban J connectivity index is 1.51. The fraction of sp³-hybridized carbons (Fsp3) is 0.364. The van der Waals surface area contributed by atoms with E-state index in [9.17, 15) is 9.90 Å². The van der Waals surface area contributed by atoms with Gasteiger partial charge in [-0.05, 0) is 49.1 Å². The molecule has 0 unspecified atom stereocenters. The van der Waals surface area contributed by atoms with Crippen molar-refractivity contribution >= 4 is 11.6 Å². The van der Waals surface area contributed by atoms with Gasteiger partial charge in [-0.3, -0.25) is 4.79 Å². The smallest absolute Gasteiger partial charge is 0.274 e. The highest BCUT2D eigenvalue weighted by Gasteiger charge is 2.27. The second kappa shape index (κ2) is 7.75. The van der Waals surface area contributed by atoms with Crippen LogP contribution in [0.2, 0.25) is 0 Å². The summed E-state index contributed by atoms with van der Waals surface area (Å²) < 4.78 is 1.70. The van der Waals surface area contributed by atoms with Crippen LogP contribution in [-0.4, -0.2) is 30.8 Å². The Morgan fingerprint density at radius 3 is 2.76 bits per heavy atom. The number of hydrogen-bond acceptors (Lipinski definition) is 5. The Labute approximate surface area is 169 Å². The minimum atomic E-state index is -0.798. The Morgan fingerprint density at radius 1 is 1.28 bits per heavy atom. The Kier molecular flexibility index (Phi) is 5.15. The average molecular weight is 391 g/mol. The second-order valence-corrected chi connectivity index (χ2v) is 7.79. The summed E-state index contributed by atoms with van der Waals surface area (Å²) in [5, 5.41) is 21.4. The fourth-order valence-corrected chi connectivity index (χ4v) is 3.50. The molecule has 4 rings (SSSR count). The number of nitrogens with zero attached hydrogens (tertiary/aromatic N) is 4. The van der Waals surface area contributed by atoms with Crippen LogP contribution >= 0.6 is 0 Å². The summed E-state index contributed by atoms with van der Waals surface area (Å²) in [6, 6.07) is 11.2. The third kappa shape index (κ3) is 4.05. The van der Waals surface area contributed by atoms with Gasteiger partial charge in [0.25, 0.3) is 5.91 Å². The van der Waals surface area contributed by atoms with Crippen molar-refractivity contribution in [1.29, 1.82) is 0 Å². The number of rotatable bonds is 6. The summed E-state index contributed by atoms with van der Waals surface area (Å²) >= 11 is 0. The van der Waals surface area contributed by atoms with Gasteiger partial charge < -0.3 is 15.0 Å². The zero-order chi connectivity index (χ0) is 20.5. The zero-order valence-electron chi connectivity index (χ0n) is 16.8. The molecule has 0 saturated heterocycles. The van der Waals surface area contributed by atoms with Gasteiger partial charge in [-0.2, -0.15) is 0 Å². The molecule has 0 aliphatic heterocycles. The molecule has 0 bridgehead atoms. The van der Waals surface area contributed by atoms with Gasteiger partial charge in [0, 0.05) is 30.3 Å². The van der Waals surface area contributed by atoms with Gasteiger partial charge in [0.2, 0.25) is 0 Å². The molecule has 2 heterocycles.